The van der Waals surface area contributed by atoms with Crippen LogP contribution in [0.5, 0.6) is 0 Å². The zero-order chi connectivity index (χ0) is 12.3. The lowest BCUT2D eigenvalue weighted by molar-refractivity contribution is 0.0896. The number of fused-ring (bicyclic) bond motifs is 3. The summed E-state index contributed by atoms with van der Waals surface area (Å²) in [5.41, 5.74) is 2.20. The largest absolute Gasteiger partial charge is 0.276 e. The van der Waals surface area contributed by atoms with E-state index in [-0.39, 0.29) is 17.6 Å². The number of rotatable bonds is 1. The third-order valence-electron chi connectivity index (χ3n) is 3.48. The molecule has 90 valence electrons. The number of halogens is 1. The molecule has 2 aromatic heterocycles. The number of nitrogens with one attached hydrogen (secondary N) is 1. The minimum Gasteiger partial charge on any atom is -0.276 e. The number of hydrogen-bond acceptors (Lipinski definition) is 2. The van der Waals surface area contributed by atoms with E-state index in [0.29, 0.717) is 5.39 Å². The second-order valence-corrected chi connectivity index (χ2v) is 4.74. The van der Waals surface area contributed by atoms with E-state index in [1.807, 2.05) is 0 Å². The molecule has 0 atom stereocenters. The van der Waals surface area contributed by atoms with Crippen molar-refractivity contribution in [1.29, 1.82) is 0 Å². The van der Waals surface area contributed by atoms with Crippen molar-refractivity contribution in [1.82, 2.24) is 14.8 Å². The molecule has 4 nitrogen and oxygen atoms in total. The molecule has 18 heavy (non-hydrogen) atoms. The highest BCUT2D eigenvalue weighted by Gasteiger charge is 2.33. The summed E-state index contributed by atoms with van der Waals surface area (Å²) in [5.74, 6) is -0.109. The van der Waals surface area contributed by atoms with Crippen molar-refractivity contribution < 1.29 is 9.18 Å². The molecule has 1 aromatic carbocycles. The molecule has 5 heteroatoms. The number of aromatic amines is 1. The number of carbonyl (C=O) groups is 1. The Hall–Kier alpha value is -2.17. The first-order chi connectivity index (χ1) is 8.75. The highest BCUT2D eigenvalue weighted by Crippen LogP contribution is 2.35. The Morgan fingerprint density at radius 3 is 3.00 bits per heavy atom. The molecule has 0 bridgehead atoms. The molecular weight excluding hydrogens is 233 g/mol. The third-order valence-corrected chi connectivity index (χ3v) is 3.48. The minimum atomic E-state index is -0.310. The molecule has 1 fully saturated rings. The maximum absolute atomic E-state index is 13.3. The maximum atomic E-state index is 13.3. The standard InChI is InChI=1S/C13H10FN3O/c14-8-3-4-10-9(5-8)12-11(6-15-16-12)17(10)13(18)7-1-2-7/h3-7H,1-2H2,(H,15,16). The lowest BCUT2D eigenvalue weighted by Crippen LogP contribution is -2.11. The van der Waals surface area contributed by atoms with Crippen LogP contribution in [0.4, 0.5) is 4.39 Å². The average Bonchev–Trinajstić information content (AvgIpc) is 3.02. The average molecular weight is 243 g/mol. The zero-order valence-electron chi connectivity index (χ0n) is 9.48. The van der Waals surface area contributed by atoms with Crippen LogP contribution in [0.25, 0.3) is 21.9 Å². The highest BCUT2D eigenvalue weighted by molar-refractivity contribution is 6.12. The van der Waals surface area contributed by atoms with Crippen molar-refractivity contribution >= 4 is 27.8 Å². The molecule has 1 aliphatic carbocycles. The summed E-state index contributed by atoms with van der Waals surface area (Å²) in [4.78, 5) is 12.3. The number of hydrogen-bond donors (Lipinski definition) is 1. The normalized spacial score (nSPS) is 15.6. The van der Waals surface area contributed by atoms with E-state index in [2.05, 4.69) is 10.2 Å². The van der Waals surface area contributed by atoms with Crippen LogP contribution in [0, 0.1) is 11.7 Å². The molecule has 0 spiro atoms. The van der Waals surface area contributed by atoms with E-state index in [1.54, 1.807) is 16.8 Å². The second kappa shape index (κ2) is 3.19. The highest BCUT2D eigenvalue weighted by atomic mass is 19.1. The molecule has 0 amide bonds. The van der Waals surface area contributed by atoms with Gasteiger partial charge in [0.25, 0.3) is 0 Å². The monoisotopic (exact) mass is 243 g/mol. The summed E-state index contributed by atoms with van der Waals surface area (Å²) in [6, 6.07) is 4.47. The molecule has 3 aromatic rings. The Bertz CT molecular complexity index is 782. The number of H-pyrrole nitrogens is 1. The topological polar surface area (TPSA) is 50.7 Å². The van der Waals surface area contributed by atoms with Gasteiger partial charge in [0.15, 0.2) is 0 Å². The van der Waals surface area contributed by atoms with Crippen molar-refractivity contribution in [3.8, 4) is 0 Å². The fraction of sp³-hybridized carbons (Fsp3) is 0.231. The van der Waals surface area contributed by atoms with Crippen molar-refractivity contribution in [2.75, 3.05) is 0 Å². The van der Waals surface area contributed by atoms with E-state index in [4.69, 9.17) is 0 Å². The van der Waals surface area contributed by atoms with Crippen molar-refractivity contribution in [3.63, 3.8) is 0 Å². The first-order valence-corrected chi connectivity index (χ1v) is 5.93. The Labute approximate surface area is 101 Å². The summed E-state index contributed by atoms with van der Waals surface area (Å²) in [6.07, 6.45) is 3.51. The zero-order valence-corrected chi connectivity index (χ0v) is 9.48. The number of carbonyl (C=O) groups excluding carboxylic acids is 1. The van der Waals surface area contributed by atoms with Crippen LogP contribution < -0.4 is 0 Å². The molecule has 1 N–H and O–H groups in total. The molecule has 0 saturated heterocycles. The van der Waals surface area contributed by atoms with Crippen LogP contribution in [-0.2, 0) is 0 Å². The molecule has 4 rings (SSSR count). The predicted octanol–water partition coefficient (Wildman–Crippen LogP) is 2.71. The van der Waals surface area contributed by atoms with Crippen LogP contribution in [-0.4, -0.2) is 20.7 Å². The van der Waals surface area contributed by atoms with E-state index in [0.717, 1.165) is 29.4 Å². The van der Waals surface area contributed by atoms with Gasteiger partial charge in [-0.15, -0.1) is 0 Å². The van der Waals surface area contributed by atoms with Gasteiger partial charge in [0.2, 0.25) is 5.91 Å². The van der Waals surface area contributed by atoms with Crippen molar-refractivity contribution in [2.24, 2.45) is 5.92 Å². The Morgan fingerprint density at radius 1 is 1.39 bits per heavy atom. The van der Waals surface area contributed by atoms with Gasteiger partial charge in [-0.25, -0.2) is 4.39 Å². The van der Waals surface area contributed by atoms with Gasteiger partial charge in [0.1, 0.15) is 5.82 Å². The Morgan fingerprint density at radius 2 is 2.22 bits per heavy atom. The van der Waals surface area contributed by atoms with Crippen molar-refractivity contribution in [2.45, 2.75) is 12.8 Å². The summed E-state index contributed by atoms with van der Waals surface area (Å²) in [7, 11) is 0. The minimum absolute atomic E-state index is 0.0861. The predicted molar refractivity (Wildman–Crippen MR) is 64.9 cm³/mol. The molecule has 0 unspecified atom stereocenters. The van der Waals surface area contributed by atoms with Gasteiger partial charge in [0, 0.05) is 11.3 Å². The van der Waals surface area contributed by atoms with Gasteiger partial charge in [-0.2, -0.15) is 5.10 Å². The van der Waals surface area contributed by atoms with Gasteiger partial charge in [0.05, 0.1) is 22.7 Å². The van der Waals surface area contributed by atoms with Crippen molar-refractivity contribution in [3.05, 3.63) is 30.2 Å². The third kappa shape index (κ3) is 1.19. The van der Waals surface area contributed by atoms with Crippen LogP contribution in [0.3, 0.4) is 0 Å². The lowest BCUT2D eigenvalue weighted by Gasteiger charge is -2.03. The van der Waals surface area contributed by atoms with Gasteiger partial charge in [-0.05, 0) is 31.0 Å². The Kier molecular flexibility index (Phi) is 1.74. The smallest absolute Gasteiger partial charge is 0.234 e. The molecule has 2 heterocycles. The first-order valence-electron chi connectivity index (χ1n) is 5.93. The first kappa shape index (κ1) is 9.82. The van der Waals surface area contributed by atoms with E-state index in [1.165, 1.54) is 12.1 Å². The number of benzene rings is 1. The van der Waals surface area contributed by atoms with Gasteiger partial charge >= 0.3 is 0 Å². The van der Waals surface area contributed by atoms with Crippen LogP contribution >= 0.6 is 0 Å². The van der Waals surface area contributed by atoms with Crippen LogP contribution in [0.2, 0.25) is 0 Å². The number of aromatic nitrogens is 3. The number of nitrogens with zero attached hydrogens (tertiary/aromatic N) is 2. The second-order valence-electron chi connectivity index (χ2n) is 4.74. The summed E-state index contributed by atoms with van der Waals surface area (Å²) in [6.45, 7) is 0. The molecule has 0 radical (unpaired) electrons. The summed E-state index contributed by atoms with van der Waals surface area (Å²) in [5, 5.41) is 7.48. The van der Waals surface area contributed by atoms with Gasteiger partial charge in [-0.1, -0.05) is 0 Å². The maximum Gasteiger partial charge on any atom is 0.234 e. The van der Waals surface area contributed by atoms with E-state index in [9.17, 15) is 9.18 Å². The molecule has 0 aliphatic heterocycles. The van der Waals surface area contributed by atoms with E-state index < -0.39 is 0 Å². The van der Waals surface area contributed by atoms with Crippen LogP contribution in [0.1, 0.15) is 17.6 Å². The fourth-order valence-corrected chi connectivity index (χ4v) is 2.43. The fourth-order valence-electron chi connectivity index (χ4n) is 2.43. The summed E-state index contributed by atoms with van der Waals surface area (Å²) < 4.78 is 15.0. The quantitative estimate of drug-likeness (QED) is 0.714. The van der Waals surface area contributed by atoms with Gasteiger partial charge in [-0.3, -0.25) is 14.5 Å². The lowest BCUT2D eigenvalue weighted by atomic mass is 10.2. The van der Waals surface area contributed by atoms with Gasteiger partial charge < -0.3 is 0 Å². The molecular formula is C13H10FN3O. The SMILES string of the molecule is O=C(C1CC1)n1c2ccc(F)cc2c2[nH]ncc21. The molecule has 1 saturated carbocycles. The molecule has 1 aliphatic rings. The summed E-state index contributed by atoms with van der Waals surface area (Å²) >= 11 is 0. The van der Waals surface area contributed by atoms with Crippen LogP contribution in [0.15, 0.2) is 24.4 Å². The van der Waals surface area contributed by atoms with E-state index >= 15 is 0 Å². The Balaban J connectivity index is 2.13.